The molecule has 0 aliphatic rings. The topological polar surface area (TPSA) is 50.9 Å². The molecule has 0 bridgehead atoms. The van der Waals surface area contributed by atoms with Crippen LogP contribution in [0.25, 0.3) is 0 Å². The summed E-state index contributed by atoms with van der Waals surface area (Å²) in [5.41, 5.74) is 8.29. The zero-order valence-electron chi connectivity index (χ0n) is 9.69. The number of aryl methyl sites for hydroxylation is 1. The monoisotopic (exact) mass is 319 g/mol. The van der Waals surface area contributed by atoms with Crippen molar-refractivity contribution in [3.63, 3.8) is 0 Å². The highest BCUT2D eigenvalue weighted by molar-refractivity contribution is 14.1. The Morgan fingerprint density at radius 2 is 2.07 bits per heavy atom. The van der Waals surface area contributed by atoms with Crippen molar-refractivity contribution in [3.8, 4) is 0 Å². The molecule has 1 heterocycles. The van der Waals surface area contributed by atoms with Gasteiger partial charge in [0.05, 0.1) is 0 Å². The second-order valence-corrected chi connectivity index (χ2v) is 5.83. The molecule has 15 heavy (non-hydrogen) atoms. The van der Waals surface area contributed by atoms with E-state index in [-0.39, 0.29) is 5.54 Å². The Bertz CT molecular complexity index is 332. The average molecular weight is 319 g/mol. The number of nitrogens with two attached hydrogens (primary N) is 1. The number of hydrogen-bond donors (Lipinski definition) is 2. The van der Waals surface area contributed by atoms with E-state index < -0.39 is 0 Å². The molecule has 0 fully saturated rings. The van der Waals surface area contributed by atoms with Crippen molar-refractivity contribution in [3.05, 3.63) is 20.9 Å². The summed E-state index contributed by atoms with van der Waals surface area (Å²) in [6.45, 7) is 9.25. The van der Waals surface area contributed by atoms with Gasteiger partial charge >= 0.3 is 0 Å². The lowest BCUT2D eigenvalue weighted by molar-refractivity contribution is 0.424. The van der Waals surface area contributed by atoms with E-state index in [1.54, 1.807) is 0 Å². The first kappa shape index (κ1) is 12.7. The van der Waals surface area contributed by atoms with Crippen molar-refractivity contribution in [2.24, 2.45) is 0 Å². The van der Waals surface area contributed by atoms with E-state index in [0.717, 1.165) is 15.8 Å². The molecule has 3 N–H and O–H groups in total. The molecule has 0 saturated carbocycles. The van der Waals surface area contributed by atoms with Crippen LogP contribution in [0.1, 0.15) is 31.9 Å². The van der Waals surface area contributed by atoms with Gasteiger partial charge in [0, 0.05) is 17.6 Å². The maximum atomic E-state index is 5.90. The number of nitrogen functional groups attached to an aromatic ring is 1. The largest absolute Gasteiger partial charge is 0.383 e. The number of nitrogens with one attached hydrogen (secondary N) is 1. The van der Waals surface area contributed by atoms with E-state index in [9.17, 15) is 0 Å². The van der Waals surface area contributed by atoms with Crippen LogP contribution in [0.15, 0.2) is 6.07 Å². The van der Waals surface area contributed by atoms with Gasteiger partial charge in [-0.1, -0.05) is 0 Å². The number of halogens is 1. The molecule has 0 amide bonds. The summed E-state index contributed by atoms with van der Waals surface area (Å²) >= 11 is 2.18. The van der Waals surface area contributed by atoms with Gasteiger partial charge < -0.3 is 11.1 Å². The smallest absolute Gasteiger partial charge is 0.129 e. The van der Waals surface area contributed by atoms with Crippen LogP contribution in [0.2, 0.25) is 0 Å². The quantitative estimate of drug-likeness (QED) is 0.650. The summed E-state index contributed by atoms with van der Waals surface area (Å²) in [6.07, 6.45) is 0. The molecule has 0 unspecified atom stereocenters. The lowest BCUT2D eigenvalue weighted by Crippen LogP contribution is -2.35. The predicted molar refractivity (Wildman–Crippen MR) is 72.7 cm³/mol. The molecular weight excluding hydrogens is 301 g/mol. The van der Waals surface area contributed by atoms with Gasteiger partial charge in [-0.15, -0.1) is 0 Å². The first-order valence-corrected chi connectivity index (χ1v) is 6.04. The van der Waals surface area contributed by atoms with Gasteiger partial charge in [-0.3, -0.25) is 0 Å². The highest BCUT2D eigenvalue weighted by Gasteiger charge is 2.12. The summed E-state index contributed by atoms with van der Waals surface area (Å²) in [7, 11) is 0. The van der Waals surface area contributed by atoms with Crippen LogP contribution >= 0.6 is 22.6 Å². The number of rotatable bonds is 2. The number of aromatic nitrogens is 1. The lowest BCUT2D eigenvalue weighted by atomic mass is 10.1. The Hall–Kier alpha value is -0.360. The molecule has 4 heteroatoms. The van der Waals surface area contributed by atoms with Crippen LogP contribution in [0, 0.1) is 10.6 Å². The van der Waals surface area contributed by atoms with Crippen LogP contribution in [0.5, 0.6) is 0 Å². The Labute approximate surface area is 105 Å². The van der Waals surface area contributed by atoms with Crippen molar-refractivity contribution in [1.82, 2.24) is 10.3 Å². The van der Waals surface area contributed by atoms with Gasteiger partial charge in [-0.05, 0) is 61.9 Å². The van der Waals surface area contributed by atoms with E-state index in [4.69, 9.17) is 5.73 Å². The fraction of sp³-hybridized carbons (Fsp3) is 0.545. The minimum absolute atomic E-state index is 0.0991. The van der Waals surface area contributed by atoms with Crippen LogP contribution in [-0.2, 0) is 6.54 Å². The Balaban J connectivity index is 2.86. The van der Waals surface area contributed by atoms with Crippen molar-refractivity contribution in [1.29, 1.82) is 0 Å². The van der Waals surface area contributed by atoms with E-state index in [0.29, 0.717) is 5.82 Å². The van der Waals surface area contributed by atoms with Gasteiger partial charge in [0.25, 0.3) is 0 Å². The zero-order valence-corrected chi connectivity index (χ0v) is 11.8. The first-order valence-electron chi connectivity index (χ1n) is 4.96. The van der Waals surface area contributed by atoms with E-state index >= 15 is 0 Å². The normalized spacial score (nSPS) is 11.8. The molecule has 3 nitrogen and oxygen atoms in total. The first-order chi connectivity index (χ1) is 6.79. The number of pyridine rings is 1. The van der Waals surface area contributed by atoms with E-state index in [1.807, 2.05) is 0 Å². The second-order valence-electron chi connectivity index (χ2n) is 4.73. The fourth-order valence-corrected chi connectivity index (χ4v) is 1.99. The number of anilines is 1. The highest BCUT2D eigenvalue weighted by atomic mass is 127. The third-order valence-corrected chi connectivity index (χ3v) is 2.70. The predicted octanol–water partition coefficient (Wildman–Crippen LogP) is 2.46. The molecule has 0 radical (unpaired) electrons. The van der Waals surface area contributed by atoms with Crippen molar-refractivity contribution in [2.45, 2.75) is 39.8 Å². The van der Waals surface area contributed by atoms with Crippen LogP contribution < -0.4 is 11.1 Å². The molecular formula is C11H18IN3. The Morgan fingerprint density at radius 1 is 1.47 bits per heavy atom. The standard InChI is InChI=1S/C11H18IN3/c1-7-5-9(12)15-10(13)8(7)6-14-11(2,3)4/h5,14H,6H2,1-4H3,(H2,13,15). The number of nitrogens with zero attached hydrogens (tertiary/aromatic N) is 1. The minimum Gasteiger partial charge on any atom is -0.383 e. The van der Waals surface area contributed by atoms with Crippen molar-refractivity contribution >= 4 is 28.4 Å². The zero-order chi connectivity index (χ0) is 11.6. The summed E-state index contributed by atoms with van der Waals surface area (Å²) in [4.78, 5) is 4.26. The molecule has 0 aliphatic heterocycles. The molecule has 1 aromatic rings. The molecule has 84 valence electrons. The van der Waals surface area contributed by atoms with Crippen LogP contribution in [-0.4, -0.2) is 10.5 Å². The molecule has 0 spiro atoms. The summed E-state index contributed by atoms with van der Waals surface area (Å²) in [6, 6.07) is 2.05. The minimum atomic E-state index is 0.0991. The summed E-state index contributed by atoms with van der Waals surface area (Å²) in [5, 5.41) is 3.42. The highest BCUT2D eigenvalue weighted by Crippen LogP contribution is 2.17. The maximum absolute atomic E-state index is 5.90. The fourth-order valence-electron chi connectivity index (χ4n) is 1.27. The molecule has 0 aromatic carbocycles. The average Bonchev–Trinajstić information content (AvgIpc) is 1.99. The molecule has 0 atom stereocenters. The third-order valence-electron chi connectivity index (χ3n) is 2.14. The van der Waals surface area contributed by atoms with Gasteiger partial charge in [0.1, 0.15) is 9.52 Å². The molecule has 1 rings (SSSR count). The van der Waals surface area contributed by atoms with Crippen molar-refractivity contribution in [2.75, 3.05) is 5.73 Å². The maximum Gasteiger partial charge on any atom is 0.129 e. The SMILES string of the molecule is Cc1cc(I)nc(N)c1CNC(C)(C)C. The molecule has 0 aliphatic carbocycles. The lowest BCUT2D eigenvalue weighted by Gasteiger charge is -2.21. The van der Waals surface area contributed by atoms with Gasteiger partial charge in [0.2, 0.25) is 0 Å². The third kappa shape index (κ3) is 3.95. The number of hydrogen-bond acceptors (Lipinski definition) is 3. The van der Waals surface area contributed by atoms with Gasteiger partial charge in [0.15, 0.2) is 0 Å². The van der Waals surface area contributed by atoms with E-state index in [1.165, 1.54) is 5.56 Å². The summed E-state index contributed by atoms with van der Waals surface area (Å²) in [5.74, 6) is 0.635. The second kappa shape index (κ2) is 4.65. The van der Waals surface area contributed by atoms with Gasteiger partial charge in [-0.25, -0.2) is 4.98 Å². The summed E-state index contributed by atoms with van der Waals surface area (Å²) < 4.78 is 0.946. The van der Waals surface area contributed by atoms with Gasteiger partial charge in [-0.2, -0.15) is 0 Å². The molecule has 1 aromatic heterocycles. The van der Waals surface area contributed by atoms with Crippen LogP contribution in [0.3, 0.4) is 0 Å². The van der Waals surface area contributed by atoms with E-state index in [2.05, 4.69) is 66.7 Å². The Kier molecular flexibility index (Phi) is 3.94. The van der Waals surface area contributed by atoms with Crippen LogP contribution in [0.4, 0.5) is 5.82 Å². The molecule has 0 saturated heterocycles. The van der Waals surface area contributed by atoms with Crippen molar-refractivity contribution < 1.29 is 0 Å². The Morgan fingerprint density at radius 3 is 2.53 bits per heavy atom.